The van der Waals surface area contributed by atoms with E-state index >= 15 is 0 Å². The maximum absolute atomic E-state index is 14.6. The number of methoxy groups -OCH3 is 2. The number of anilines is 1. The van der Waals surface area contributed by atoms with Gasteiger partial charge in [-0.25, -0.2) is 12.8 Å². The van der Waals surface area contributed by atoms with Gasteiger partial charge in [-0.15, -0.1) is 0 Å². The molecule has 0 bridgehead atoms. The average Bonchev–Trinajstić information content (AvgIpc) is 2.75. The second-order valence-corrected chi connectivity index (χ2v) is 8.71. The minimum atomic E-state index is -4.32. The molecule has 0 saturated carbocycles. The Kier molecular flexibility index (Phi) is 6.53. The molecule has 0 fully saturated rings. The molecule has 1 unspecified atom stereocenters. The van der Waals surface area contributed by atoms with E-state index in [-0.39, 0.29) is 5.02 Å². The largest absolute Gasteiger partial charge is 0.497 e. The van der Waals surface area contributed by atoms with Gasteiger partial charge in [-0.1, -0.05) is 29.8 Å². The second-order valence-electron chi connectivity index (χ2n) is 6.49. The summed E-state index contributed by atoms with van der Waals surface area (Å²) in [5.74, 6) is 0.199. The molecule has 5 nitrogen and oxygen atoms in total. The Balaban J connectivity index is 2.22. The summed E-state index contributed by atoms with van der Waals surface area (Å²) in [7, 11) is -1.30. The second kappa shape index (κ2) is 8.93. The summed E-state index contributed by atoms with van der Waals surface area (Å²) in [5, 5.41) is 0.120. The molecule has 3 rings (SSSR count). The molecule has 0 aromatic heterocycles. The fraction of sp³-hybridized carbons (Fsp3) is 0.182. The van der Waals surface area contributed by atoms with Crippen LogP contribution in [0.3, 0.4) is 0 Å². The van der Waals surface area contributed by atoms with E-state index in [1.807, 2.05) is 0 Å². The van der Waals surface area contributed by atoms with E-state index in [2.05, 4.69) is 0 Å². The lowest BCUT2D eigenvalue weighted by Gasteiger charge is -2.31. The summed E-state index contributed by atoms with van der Waals surface area (Å²) in [5.41, 5.74) is 0.968. The molecule has 0 amide bonds. The maximum Gasteiger partial charge on any atom is 0.267 e. The van der Waals surface area contributed by atoms with Crippen molar-refractivity contribution in [1.82, 2.24) is 0 Å². The summed E-state index contributed by atoms with van der Waals surface area (Å²) < 4.78 is 53.6. The van der Waals surface area contributed by atoms with E-state index in [1.165, 1.54) is 20.3 Å². The molecule has 30 heavy (non-hydrogen) atoms. The number of halogens is 2. The molecular weight excluding hydrogens is 429 g/mol. The molecule has 0 radical (unpaired) electrons. The van der Waals surface area contributed by atoms with Crippen LogP contribution in [0.5, 0.6) is 11.5 Å². The highest BCUT2D eigenvalue weighted by Crippen LogP contribution is 2.38. The molecule has 3 aromatic rings. The van der Waals surface area contributed by atoms with Gasteiger partial charge in [-0.2, -0.15) is 0 Å². The standard InChI is InChI=1S/C22H21ClFNO4S/c1-15(19-6-4-5-7-21(19)29-3)25(17-9-11-18(28-2)12-10-17)30(26,27)22-14-16(23)8-13-20(22)24/h4-15H,1-3H3. The Morgan fingerprint density at radius 1 is 0.967 bits per heavy atom. The monoisotopic (exact) mass is 449 g/mol. The van der Waals surface area contributed by atoms with E-state index in [0.29, 0.717) is 22.7 Å². The highest BCUT2D eigenvalue weighted by Gasteiger charge is 2.34. The minimum Gasteiger partial charge on any atom is -0.497 e. The Labute approximate surface area is 180 Å². The Morgan fingerprint density at radius 2 is 1.63 bits per heavy atom. The van der Waals surface area contributed by atoms with Crippen LogP contribution >= 0.6 is 11.6 Å². The average molecular weight is 450 g/mol. The summed E-state index contributed by atoms with van der Waals surface area (Å²) >= 11 is 5.97. The minimum absolute atomic E-state index is 0.120. The zero-order valence-electron chi connectivity index (χ0n) is 16.7. The molecular formula is C22H21ClFNO4S. The van der Waals surface area contributed by atoms with Crippen LogP contribution in [0, 0.1) is 5.82 Å². The first-order chi connectivity index (χ1) is 14.3. The zero-order valence-corrected chi connectivity index (χ0v) is 18.2. The first-order valence-corrected chi connectivity index (χ1v) is 10.9. The summed E-state index contributed by atoms with van der Waals surface area (Å²) in [4.78, 5) is -0.507. The molecule has 0 heterocycles. The van der Waals surface area contributed by atoms with Crippen molar-refractivity contribution < 1.29 is 22.3 Å². The van der Waals surface area contributed by atoms with Gasteiger partial charge in [0.05, 0.1) is 25.9 Å². The van der Waals surface area contributed by atoms with Crippen LogP contribution in [0.25, 0.3) is 0 Å². The van der Waals surface area contributed by atoms with Crippen molar-refractivity contribution in [3.05, 3.63) is 83.1 Å². The van der Waals surface area contributed by atoms with E-state index in [4.69, 9.17) is 21.1 Å². The highest BCUT2D eigenvalue weighted by atomic mass is 35.5. The number of sulfonamides is 1. The number of para-hydroxylation sites is 1. The number of nitrogens with zero attached hydrogens (tertiary/aromatic N) is 1. The van der Waals surface area contributed by atoms with Gasteiger partial charge in [0.25, 0.3) is 10.0 Å². The molecule has 0 aliphatic rings. The van der Waals surface area contributed by atoms with Crippen LogP contribution in [0.4, 0.5) is 10.1 Å². The van der Waals surface area contributed by atoms with Gasteiger partial charge in [0, 0.05) is 10.6 Å². The van der Waals surface area contributed by atoms with Gasteiger partial charge in [-0.05, 0) is 55.5 Å². The van der Waals surface area contributed by atoms with Crippen LogP contribution in [-0.4, -0.2) is 22.6 Å². The SMILES string of the molecule is COc1ccc(N(C(C)c2ccccc2OC)S(=O)(=O)c2cc(Cl)ccc2F)cc1. The number of hydrogen-bond acceptors (Lipinski definition) is 4. The predicted octanol–water partition coefficient (Wildman–Crippen LogP) is 5.45. The summed E-state index contributed by atoms with van der Waals surface area (Å²) in [6.07, 6.45) is 0. The van der Waals surface area contributed by atoms with Gasteiger partial charge >= 0.3 is 0 Å². The van der Waals surface area contributed by atoms with Crippen molar-refractivity contribution in [2.75, 3.05) is 18.5 Å². The highest BCUT2D eigenvalue weighted by molar-refractivity contribution is 7.92. The molecule has 0 spiro atoms. The fourth-order valence-electron chi connectivity index (χ4n) is 3.22. The van der Waals surface area contributed by atoms with Crippen LogP contribution < -0.4 is 13.8 Å². The van der Waals surface area contributed by atoms with Gasteiger partial charge in [0.1, 0.15) is 22.2 Å². The van der Waals surface area contributed by atoms with Crippen molar-refractivity contribution in [2.24, 2.45) is 0 Å². The third-order valence-electron chi connectivity index (χ3n) is 4.70. The molecule has 0 saturated heterocycles. The van der Waals surface area contributed by atoms with E-state index in [1.54, 1.807) is 55.5 Å². The van der Waals surface area contributed by atoms with E-state index in [0.717, 1.165) is 16.4 Å². The van der Waals surface area contributed by atoms with Crippen LogP contribution in [0.2, 0.25) is 5.02 Å². The Bertz CT molecular complexity index is 1140. The Morgan fingerprint density at radius 3 is 2.27 bits per heavy atom. The lowest BCUT2D eigenvalue weighted by Crippen LogP contribution is -2.34. The van der Waals surface area contributed by atoms with E-state index in [9.17, 15) is 12.8 Å². The molecule has 158 valence electrons. The van der Waals surface area contributed by atoms with Crippen molar-refractivity contribution in [3.8, 4) is 11.5 Å². The zero-order chi connectivity index (χ0) is 21.9. The summed E-state index contributed by atoms with van der Waals surface area (Å²) in [6, 6.07) is 16.3. The number of ether oxygens (including phenoxy) is 2. The lowest BCUT2D eigenvalue weighted by atomic mass is 10.1. The number of rotatable bonds is 7. The normalized spacial score (nSPS) is 12.3. The van der Waals surface area contributed by atoms with Crippen molar-refractivity contribution in [1.29, 1.82) is 0 Å². The molecule has 0 N–H and O–H groups in total. The lowest BCUT2D eigenvalue weighted by molar-refractivity contribution is 0.407. The molecule has 8 heteroatoms. The number of hydrogen-bond donors (Lipinski definition) is 0. The number of benzene rings is 3. The summed E-state index contributed by atoms with van der Waals surface area (Å²) in [6.45, 7) is 1.71. The maximum atomic E-state index is 14.6. The predicted molar refractivity (Wildman–Crippen MR) is 115 cm³/mol. The first kappa shape index (κ1) is 21.9. The fourth-order valence-corrected chi connectivity index (χ4v) is 5.19. The smallest absolute Gasteiger partial charge is 0.267 e. The molecule has 3 aromatic carbocycles. The van der Waals surface area contributed by atoms with Crippen molar-refractivity contribution >= 4 is 27.3 Å². The Hall–Kier alpha value is -2.77. The van der Waals surface area contributed by atoms with Crippen LogP contribution in [0.1, 0.15) is 18.5 Å². The van der Waals surface area contributed by atoms with Crippen molar-refractivity contribution in [2.45, 2.75) is 17.9 Å². The van der Waals surface area contributed by atoms with Crippen LogP contribution in [0.15, 0.2) is 71.6 Å². The quantitative estimate of drug-likeness (QED) is 0.481. The van der Waals surface area contributed by atoms with Crippen molar-refractivity contribution in [3.63, 3.8) is 0 Å². The van der Waals surface area contributed by atoms with Gasteiger partial charge in [-0.3, -0.25) is 4.31 Å². The van der Waals surface area contributed by atoms with Gasteiger partial charge in [0.2, 0.25) is 0 Å². The topological polar surface area (TPSA) is 55.8 Å². The molecule has 1 atom stereocenters. The molecule has 0 aliphatic heterocycles. The van der Waals surface area contributed by atoms with Gasteiger partial charge in [0.15, 0.2) is 0 Å². The van der Waals surface area contributed by atoms with E-state index < -0.39 is 26.8 Å². The third-order valence-corrected chi connectivity index (χ3v) is 6.85. The van der Waals surface area contributed by atoms with Gasteiger partial charge < -0.3 is 9.47 Å². The molecule has 0 aliphatic carbocycles. The first-order valence-electron chi connectivity index (χ1n) is 9.06. The van der Waals surface area contributed by atoms with Crippen LogP contribution in [-0.2, 0) is 10.0 Å². The third kappa shape index (κ3) is 4.22.